The van der Waals surface area contributed by atoms with Gasteiger partial charge in [-0.3, -0.25) is 0 Å². The van der Waals surface area contributed by atoms with Crippen LogP contribution in [0.3, 0.4) is 0 Å². The minimum atomic E-state index is -3.61. The molecule has 0 aromatic heterocycles. The Hall–Kier alpha value is -0.440. The van der Waals surface area contributed by atoms with Gasteiger partial charge in [-0.05, 0) is 31.2 Å². The van der Waals surface area contributed by atoms with Gasteiger partial charge in [-0.2, -0.15) is 4.31 Å². The zero-order valence-corrected chi connectivity index (χ0v) is 13.0. The van der Waals surface area contributed by atoms with E-state index in [0.717, 1.165) is 32.4 Å². The maximum absolute atomic E-state index is 12.6. The number of hydrogen-bond donors (Lipinski definition) is 1. The summed E-state index contributed by atoms with van der Waals surface area (Å²) in [5.41, 5.74) is 0.0450. The Morgan fingerprint density at radius 3 is 2.70 bits per heavy atom. The average Bonchev–Trinajstić information content (AvgIpc) is 2.97. The molecule has 3 rings (SSSR count). The van der Waals surface area contributed by atoms with Crippen LogP contribution in [0.2, 0.25) is 0 Å². The molecule has 8 heteroatoms. The molecular weight excluding hydrogens is 300 g/mol. The summed E-state index contributed by atoms with van der Waals surface area (Å²) in [6, 6.07) is 0. The fourth-order valence-corrected chi connectivity index (χ4v) is 7.21. The third-order valence-corrected chi connectivity index (χ3v) is 8.13. The quantitative estimate of drug-likeness (QED) is 0.755. The van der Waals surface area contributed by atoms with Gasteiger partial charge in [0.05, 0.1) is 16.4 Å². The van der Waals surface area contributed by atoms with Crippen LogP contribution < -0.4 is 5.32 Å². The number of piperidine rings is 1. The highest BCUT2D eigenvalue weighted by Gasteiger charge is 2.43. The van der Waals surface area contributed by atoms with Gasteiger partial charge in [0.1, 0.15) is 0 Å². The predicted octanol–water partition coefficient (Wildman–Crippen LogP) is -0.296. The highest BCUT2D eigenvalue weighted by Crippen LogP contribution is 2.37. The molecule has 0 aromatic rings. The van der Waals surface area contributed by atoms with Crippen molar-refractivity contribution in [2.45, 2.75) is 19.3 Å². The molecule has 1 atom stereocenters. The van der Waals surface area contributed by atoms with Crippen LogP contribution in [0.15, 0.2) is 11.0 Å². The van der Waals surface area contributed by atoms with E-state index in [0.29, 0.717) is 13.1 Å². The summed E-state index contributed by atoms with van der Waals surface area (Å²) in [4.78, 5) is 0.0699. The molecule has 0 aromatic carbocycles. The maximum atomic E-state index is 12.6. The summed E-state index contributed by atoms with van der Waals surface area (Å²) >= 11 is 0. The fraction of sp³-hybridized carbons (Fsp3) is 0.833. The first kappa shape index (κ1) is 14.5. The van der Waals surface area contributed by atoms with Crippen LogP contribution in [-0.2, 0) is 19.9 Å². The second-order valence-corrected chi connectivity index (χ2v) is 10.2. The monoisotopic (exact) mass is 320 g/mol. The van der Waals surface area contributed by atoms with E-state index in [9.17, 15) is 16.8 Å². The molecule has 6 nitrogen and oxygen atoms in total. The molecule has 0 amide bonds. The van der Waals surface area contributed by atoms with Crippen LogP contribution in [0.5, 0.6) is 0 Å². The zero-order chi connectivity index (χ0) is 14.4. The average molecular weight is 320 g/mol. The van der Waals surface area contributed by atoms with Crippen molar-refractivity contribution in [2.24, 2.45) is 5.41 Å². The van der Waals surface area contributed by atoms with Gasteiger partial charge < -0.3 is 5.32 Å². The minimum absolute atomic E-state index is 0.0450. The predicted molar refractivity (Wildman–Crippen MR) is 76.4 cm³/mol. The number of sulfone groups is 1. The smallest absolute Gasteiger partial charge is 0.239 e. The van der Waals surface area contributed by atoms with Gasteiger partial charge >= 0.3 is 0 Å². The first-order valence-corrected chi connectivity index (χ1v) is 10.2. The number of rotatable bonds is 2. The standard InChI is InChI=1S/C12H20N2O4S2/c15-19(16)7-2-11(8-19)20(17,18)14-6-1-3-12(10-14)4-5-13-9-12/h2,13H,1,3-10H2/t12-/m0/s1. The normalized spacial score (nSPS) is 34.5. The van der Waals surface area contributed by atoms with Gasteiger partial charge in [0.15, 0.2) is 9.84 Å². The third-order valence-electron chi connectivity index (χ3n) is 4.56. The molecule has 3 heterocycles. The second-order valence-electron chi connectivity index (χ2n) is 6.09. The number of nitrogens with zero attached hydrogens (tertiary/aromatic N) is 1. The first-order valence-electron chi connectivity index (χ1n) is 6.93. The molecule has 1 spiro atoms. The molecule has 2 fully saturated rings. The molecule has 0 bridgehead atoms. The summed E-state index contributed by atoms with van der Waals surface area (Å²) in [5.74, 6) is -0.487. The van der Waals surface area contributed by atoms with Gasteiger partial charge in [0, 0.05) is 19.6 Å². The molecule has 0 aliphatic carbocycles. The van der Waals surface area contributed by atoms with Gasteiger partial charge in [0.2, 0.25) is 10.0 Å². The van der Waals surface area contributed by atoms with Gasteiger partial charge in [-0.25, -0.2) is 16.8 Å². The Bertz CT molecular complexity index is 630. The number of nitrogens with one attached hydrogen (secondary N) is 1. The van der Waals surface area contributed by atoms with E-state index in [1.807, 2.05) is 0 Å². The Labute approximate surface area is 120 Å². The van der Waals surface area contributed by atoms with Gasteiger partial charge in [-0.1, -0.05) is 6.08 Å². The molecule has 20 heavy (non-hydrogen) atoms. The second kappa shape index (κ2) is 4.79. The molecule has 0 unspecified atom stereocenters. The summed E-state index contributed by atoms with van der Waals surface area (Å²) in [6.07, 6.45) is 4.25. The lowest BCUT2D eigenvalue weighted by Gasteiger charge is -2.39. The molecule has 114 valence electrons. The topological polar surface area (TPSA) is 83.5 Å². The van der Waals surface area contributed by atoms with Crippen LogP contribution in [0.1, 0.15) is 19.3 Å². The highest BCUT2D eigenvalue weighted by atomic mass is 32.2. The van der Waals surface area contributed by atoms with E-state index in [1.54, 1.807) is 0 Å². The van der Waals surface area contributed by atoms with E-state index in [2.05, 4.69) is 5.32 Å². The van der Waals surface area contributed by atoms with E-state index >= 15 is 0 Å². The Kier molecular flexibility index (Phi) is 3.47. The fourth-order valence-electron chi connectivity index (χ4n) is 3.41. The summed E-state index contributed by atoms with van der Waals surface area (Å²) in [6.45, 7) is 2.81. The van der Waals surface area contributed by atoms with Gasteiger partial charge in [-0.15, -0.1) is 0 Å². The summed E-state index contributed by atoms with van der Waals surface area (Å²) in [7, 11) is -6.86. The Morgan fingerprint density at radius 2 is 2.10 bits per heavy atom. The first-order chi connectivity index (χ1) is 9.33. The van der Waals surface area contributed by atoms with E-state index in [-0.39, 0.29) is 21.8 Å². The maximum Gasteiger partial charge on any atom is 0.239 e. The van der Waals surface area contributed by atoms with Crippen molar-refractivity contribution >= 4 is 19.9 Å². The zero-order valence-electron chi connectivity index (χ0n) is 11.3. The van der Waals surface area contributed by atoms with Gasteiger partial charge in [0.25, 0.3) is 0 Å². The summed E-state index contributed by atoms with van der Waals surface area (Å²) in [5, 5.41) is 3.31. The van der Waals surface area contributed by atoms with Crippen molar-refractivity contribution in [1.82, 2.24) is 9.62 Å². The van der Waals surface area contributed by atoms with Crippen molar-refractivity contribution in [2.75, 3.05) is 37.7 Å². The van der Waals surface area contributed by atoms with Crippen LogP contribution in [0.25, 0.3) is 0 Å². The SMILES string of the molecule is O=S1(=O)CC=C(S(=O)(=O)N2CCC[C@@]3(CCNC3)C2)C1. The molecule has 1 N–H and O–H groups in total. The van der Waals surface area contributed by atoms with Crippen LogP contribution >= 0.6 is 0 Å². The lowest BCUT2D eigenvalue weighted by atomic mass is 9.80. The van der Waals surface area contributed by atoms with E-state index < -0.39 is 19.9 Å². The molecule has 2 saturated heterocycles. The van der Waals surface area contributed by atoms with Crippen molar-refractivity contribution in [3.8, 4) is 0 Å². The summed E-state index contributed by atoms with van der Waals surface area (Å²) < 4.78 is 49.6. The van der Waals surface area contributed by atoms with Crippen molar-refractivity contribution in [3.63, 3.8) is 0 Å². The molecule has 0 radical (unpaired) electrons. The highest BCUT2D eigenvalue weighted by molar-refractivity contribution is 7.97. The largest absolute Gasteiger partial charge is 0.316 e. The molecule has 0 saturated carbocycles. The lowest BCUT2D eigenvalue weighted by Crippen LogP contribution is -2.47. The van der Waals surface area contributed by atoms with E-state index in [4.69, 9.17) is 0 Å². The number of sulfonamides is 1. The van der Waals surface area contributed by atoms with Crippen molar-refractivity contribution < 1.29 is 16.8 Å². The Balaban J connectivity index is 1.81. The third kappa shape index (κ3) is 2.54. The Morgan fingerprint density at radius 1 is 1.30 bits per heavy atom. The molecule has 3 aliphatic heterocycles. The molecular formula is C12H20N2O4S2. The van der Waals surface area contributed by atoms with Crippen LogP contribution in [-0.4, -0.2) is 58.8 Å². The van der Waals surface area contributed by atoms with E-state index in [1.165, 1.54) is 10.4 Å². The molecule has 3 aliphatic rings. The lowest BCUT2D eigenvalue weighted by molar-refractivity contribution is 0.167. The minimum Gasteiger partial charge on any atom is -0.316 e. The van der Waals surface area contributed by atoms with Crippen LogP contribution in [0, 0.1) is 5.41 Å². The number of hydrogen-bond acceptors (Lipinski definition) is 5. The van der Waals surface area contributed by atoms with Crippen molar-refractivity contribution in [1.29, 1.82) is 0 Å². The van der Waals surface area contributed by atoms with Crippen LogP contribution in [0.4, 0.5) is 0 Å². The van der Waals surface area contributed by atoms with Crippen molar-refractivity contribution in [3.05, 3.63) is 11.0 Å².